The molecule has 0 spiro atoms. The van der Waals surface area contributed by atoms with Gasteiger partial charge in [0.15, 0.2) is 5.60 Å². The summed E-state index contributed by atoms with van der Waals surface area (Å²) in [7, 11) is 1.59. The van der Waals surface area contributed by atoms with Crippen LogP contribution in [-0.2, 0) is 19.9 Å². The van der Waals surface area contributed by atoms with E-state index in [0.717, 1.165) is 5.39 Å². The second-order valence-electron chi connectivity index (χ2n) is 5.77. The summed E-state index contributed by atoms with van der Waals surface area (Å²) >= 11 is 0. The van der Waals surface area contributed by atoms with Gasteiger partial charge in [-0.25, -0.2) is 4.98 Å². The van der Waals surface area contributed by atoms with Gasteiger partial charge in [-0.05, 0) is 5.16 Å². The second kappa shape index (κ2) is 5.90. The molecule has 1 aliphatic rings. The first-order valence-corrected chi connectivity index (χ1v) is 7.70. The molecule has 0 radical (unpaired) electrons. The van der Waals surface area contributed by atoms with Crippen LogP contribution in [0.4, 0.5) is 5.82 Å². The van der Waals surface area contributed by atoms with Crippen molar-refractivity contribution >= 4 is 22.6 Å². The van der Waals surface area contributed by atoms with Crippen LogP contribution in [0.3, 0.4) is 0 Å². The van der Waals surface area contributed by atoms with E-state index in [1.54, 1.807) is 25.6 Å². The number of fused-ring (bicyclic) bond motifs is 1. The van der Waals surface area contributed by atoms with Crippen LogP contribution >= 0.6 is 0 Å². The Bertz CT molecular complexity index is 927. The predicted molar refractivity (Wildman–Crippen MR) is 85.1 cm³/mol. The normalized spacial score (nSPS) is 20.2. The molecule has 4 heterocycles. The number of methoxy groups -OCH3 is 1. The Balaban J connectivity index is 1.74. The molecule has 1 saturated heterocycles. The monoisotopic (exact) mass is 344 g/mol. The highest BCUT2D eigenvalue weighted by Gasteiger charge is 2.42. The zero-order valence-electron chi connectivity index (χ0n) is 13.7. The van der Waals surface area contributed by atoms with Crippen LogP contribution in [-0.4, -0.2) is 51.1 Å². The Morgan fingerprint density at radius 1 is 1.44 bits per heavy atom. The van der Waals surface area contributed by atoms with Crippen molar-refractivity contribution in [2.24, 2.45) is 0 Å². The minimum atomic E-state index is -0.725. The summed E-state index contributed by atoms with van der Waals surface area (Å²) in [6, 6.07) is 1.70. The van der Waals surface area contributed by atoms with Gasteiger partial charge in [0, 0.05) is 38.1 Å². The van der Waals surface area contributed by atoms with Crippen LogP contribution in [0.5, 0.6) is 0 Å². The van der Waals surface area contributed by atoms with E-state index in [-0.39, 0.29) is 11.9 Å². The number of hydrogen-bond acceptors (Lipinski definition) is 8. The van der Waals surface area contributed by atoms with E-state index < -0.39 is 5.60 Å². The maximum atomic E-state index is 11.2. The third-order valence-electron chi connectivity index (χ3n) is 4.13. The van der Waals surface area contributed by atoms with Gasteiger partial charge in [0.1, 0.15) is 5.82 Å². The van der Waals surface area contributed by atoms with Gasteiger partial charge in [-0.2, -0.15) is 14.8 Å². The number of amides is 1. The van der Waals surface area contributed by atoms with Gasteiger partial charge in [0.25, 0.3) is 11.8 Å². The first kappa shape index (κ1) is 15.7. The molecule has 1 amide bonds. The molecule has 130 valence electrons. The molecule has 4 rings (SSSR count). The summed E-state index contributed by atoms with van der Waals surface area (Å²) in [5.74, 6) is 0.835. The molecule has 3 aromatic rings. The van der Waals surface area contributed by atoms with E-state index in [1.807, 2.05) is 0 Å². The summed E-state index contributed by atoms with van der Waals surface area (Å²) in [5, 5.41) is 11.7. The Labute approximate surface area is 142 Å². The third-order valence-corrected chi connectivity index (χ3v) is 4.13. The quantitative estimate of drug-likeness (QED) is 0.745. The third kappa shape index (κ3) is 2.65. The molecule has 0 saturated carbocycles. The topological polar surface area (TPSA) is 117 Å². The molecule has 10 heteroatoms. The fourth-order valence-corrected chi connectivity index (χ4v) is 2.78. The molecule has 3 aromatic heterocycles. The molecule has 0 aliphatic carbocycles. The Morgan fingerprint density at radius 3 is 3.04 bits per heavy atom. The minimum absolute atomic E-state index is 0.206. The molecule has 1 aliphatic heterocycles. The largest absolute Gasteiger partial charge is 0.378 e. The van der Waals surface area contributed by atoms with Gasteiger partial charge >= 0.3 is 0 Å². The molecule has 1 N–H and O–H groups in total. The van der Waals surface area contributed by atoms with E-state index in [4.69, 9.17) is 14.0 Å². The summed E-state index contributed by atoms with van der Waals surface area (Å²) < 4.78 is 17.9. The molecule has 1 atom stereocenters. The van der Waals surface area contributed by atoms with Crippen LogP contribution in [0.15, 0.2) is 23.0 Å². The van der Waals surface area contributed by atoms with Crippen LogP contribution in [0.1, 0.15) is 19.2 Å². The number of hydrogen-bond donors (Lipinski definition) is 1. The van der Waals surface area contributed by atoms with E-state index >= 15 is 0 Å². The number of pyridine rings is 1. The van der Waals surface area contributed by atoms with Crippen LogP contribution in [0, 0.1) is 0 Å². The number of carbonyl (C=O) groups is 1. The zero-order valence-corrected chi connectivity index (χ0v) is 13.7. The van der Waals surface area contributed by atoms with Crippen molar-refractivity contribution in [1.29, 1.82) is 0 Å². The predicted octanol–water partition coefficient (Wildman–Crippen LogP) is 1.02. The molecule has 1 fully saturated rings. The van der Waals surface area contributed by atoms with E-state index in [9.17, 15) is 4.79 Å². The lowest BCUT2D eigenvalue weighted by Crippen LogP contribution is -2.29. The standard InChI is InChI=1S/C15H16N6O4/c1-9(22)18-12-5-11-10(6-16-12)7-17-21(11)14-19-13(25-20-14)15(23-2)3-4-24-8-15/h5-7H,3-4,8H2,1-2H3,(H,16,18,22). The van der Waals surface area contributed by atoms with Gasteiger partial charge in [0.05, 0.1) is 24.9 Å². The maximum absolute atomic E-state index is 11.2. The molecule has 0 aromatic carbocycles. The summed E-state index contributed by atoms with van der Waals surface area (Å²) in [4.78, 5) is 19.8. The van der Waals surface area contributed by atoms with Crippen molar-refractivity contribution in [3.8, 4) is 5.95 Å². The van der Waals surface area contributed by atoms with Crippen molar-refractivity contribution in [3.05, 3.63) is 24.4 Å². The van der Waals surface area contributed by atoms with E-state index in [0.29, 0.717) is 36.9 Å². The number of nitrogens with one attached hydrogen (secondary N) is 1. The Morgan fingerprint density at radius 2 is 2.32 bits per heavy atom. The maximum Gasteiger partial charge on any atom is 0.291 e. The molecule has 25 heavy (non-hydrogen) atoms. The van der Waals surface area contributed by atoms with Crippen LogP contribution in [0.2, 0.25) is 0 Å². The Kier molecular flexibility index (Phi) is 3.70. The van der Waals surface area contributed by atoms with Crippen molar-refractivity contribution in [2.45, 2.75) is 18.9 Å². The van der Waals surface area contributed by atoms with Crippen LogP contribution < -0.4 is 5.32 Å². The van der Waals surface area contributed by atoms with Crippen molar-refractivity contribution in [2.75, 3.05) is 25.6 Å². The molecular weight excluding hydrogens is 328 g/mol. The van der Waals surface area contributed by atoms with Crippen molar-refractivity contribution in [3.63, 3.8) is 0 Å². The van der Waals surface area contributed by atoms with Crippen molar-refractivity contribution < 1.29 is 18.8 Å². The lowest BCUT2D eigenvalue weighted by atomic mass is 10.0. The van der Waals surface area contributed by atoms with Gasteiger partial charge in [0.2, 0.25) is 5.91 Å². The fraction of sp³-hybridized carbons (Fsp3) is 0.400. The molecule has 0 bridgehead atoms. The number of rotatable bonds is 4. The fourth-order valence-electron chi connectivity index (χ4n) is 2.78. The van der Waals surface area contributed by atoms with Crippen LogP contribution in [0.25, 0.3) is 16.9 Å². The van der Waals surface area contributed by atoms with Gasteiger partial charge in [-0.3, -0.25) is 4.79 Å². The van der Waals surface area contributed by atoms with Gasteiger partial charge < -0.3 is 19.3 Å². The first-order chi connectivity index (χ1) is 12.1. The lowest BCUT2D eigenvalue weighted by Gasteiger charge is -2.20. The zero-order chi connectivity index (χ0) is 17.4. The lowest BCUT2D eigenvalue weighted by molar-refractivity contribution is -0.114. The number of nitrogens with zero attached hydrogens (tertiary/aromatic N) is 5. The Hall–Kier alpha value is -2.85. The van der Waals surface area contributed by atoms with Gasteiger partial charge in [-0.15, -0.1) is 0 Å². The molecule has 10 nitrogen and oxygen atoms in total. The highest BCUT2D eigenvalue weighted by atomic mass is 16.6. The SMILES string of the molecule is COC1(c2nc(-n3ncc4cnc(NC(C)=O)cc43)no2)CCOC1. The average Bonchev–Trinajstić information content (AvgIpc) is 3.32. The van der Waals surface area contributed by atoms with E-state index in [1.165, 1.54) is 11.6 Å². The van der Waals surface area contributed by atoms with Crippen molar-refractivity contribution in [1.82, 2.24) is 24.9 Å². The highest BCUT2D eigenvalue weighted by molar-refractivity contribution is 5.90. The highest BCUT2D eigenvalue weighted by Crippen LogP contribution is 2.33. The molecule has 1 unspecified atom stereocenters. The average molecular weight is 344 g/mol. The molecular formula is C15H16N6O4. The number of anilines is 1. The second-order valence-corrected chi connectivity index (χ2v) is 5.77. The number of aromatic nitrogens is 5. The number of ether oxygens (including phenoxy) is 2. The van der Waals surface area contributed by atoms with Gasteiger partial charge in [-0.1, -0.05) is 0 Å². The number of carbonyl (C=O) groups excluding carboxylic acids is 1. The first-order valence-electron chi connectivity index (χ1n) is 7.70. The summed E-state index contributed by atoms with van der Waals surface area (Å²) in [6.07, 6.45) is 3.90. The van der Waals surface area contributed by atoms with E-state index in [2.05, 4.69) is 25.5 Å². The minimum Gasteiger partial charge on any atom is -0.378 e. The smallest absolute Gasteiger partial charge is 0.291 e. The summed E-state index contributed by atoms with van der Waals surface area (Å²) in [5.41, 5.74) is -0.0304. The summed E-state index contributed by atoms with van der Waals surface area (Å²) in [6.45, 7) is 2.35.